The molecule has 0 radical (unpaired) electrons. The van der Waals surface area contributed by atoms with Gasteiger partial charge in [-0.1, -0.05) is 38.1 Å². The normalized spacial score (nSPS) is 11.8. The van der Waals surface area contributed by atoms with Crippen molar-refractivity contribution in [3.05, 3.63) is 46.7 Å². The van der Waals surface area contributed by atoms with Gasteiger partial charge >= 0.3 is 5.91 Å². The van der Waals surface area contributed by atoms with E-state index in [2.05, 4.69) is 29.0 Å². The minimum absolute atomic E-state index is 0.0427. The zero-order valence-corrected chi connectivity index (χ0v) is 15.7. The maximum atomic E-state index is 12.1. The minimum Gasteiger partial charge on any atom is -0.493 e. The largest absolute Gasteiger partial charge is 0.493 e. The number of aromatic hydroxyl groups is 1. The molecule has 0 saturated heterocycles. The monoisotopic (exact) mass is 370 g/mol. The van der Waals surface area contributed by atoms with Gasteiger partial charge < -0.3 is 14.6 Å². The average Bonchev–Trinajstić information content (AvgIpc) is 3.28. The Balaban J connectivity index is 1.93. The van der Waals surface area contributed by atoms with Gasteiger partial charge in [-0.2, -0.15) is 0 Å². The summed E-state index contributed by atoms with van der Waals surface area (Å²) >= 11 is 1.32. The second-order valence-corrected chi connectivity index (χ2v) is 6.80. The summed E-state index contributed by atoms with van der Waals surface area (Å²) < 4.78 is 1.83. The SMILES string of the molecule is CCN(CC)CCn1c(O)c(N=NC(=O)c2cccs2)c2ccccc21. The zero-order valence-electron chi connectivity index (χ0n) is 14.9. The number of thiophene rings is 1. The van der Waals surface area contributed by atoms with Crippen molar-refractivity contribution in [2.45, 2.75) is 20.4 Å². The van der Waals surface area contributed by atoms with Crippen LogP contribution >= 0.6 is 11.3 Å². The summed E-state index contributed by atoms with van der Waals surface area (Å²) in [5.41, 5.74) is 1.22. The molecule has 1 N–H and O–H groups in total. The molecule has 0 aliphatic heterocycles. The van der Waals surface area contributed by atoms with E-state index in [9.17, 15) is 9.90 Å². The van der Waals surface area contributed by atoms with Crippen molar-refractivity contribution in [2.75, 3.05) is 19.6 Å². The van der Waals surface area contributed by atoms with E-state index in [1.165, 1.54) is 11.3 Å². The lowest BCUT2D eigenvalue weighted by atomic mass is 10.2. The average molecular weight is 370 g/mol. The number of fused-ring (bicyclic) bond motifs is 1. The first kappa shape index (κ1) is 18.3. The summed E-state index contributed by atoms with van der Waals surface area (Å²) in [5, 5.41) is 21.2. The van der Waals surface area contributed by atoms with Crippen LogP contribution in [-0.2, 0) is 6.54 Å². The van der Waals surface area contributed by atoms with Crippen LogP contribution in [0.4, 0.5) is 5.69 Å². The summed E-state index contributed by atoms with van der Waals surface area (Å²) in [7, 11) is 0. The number of aromatic nitrogens is 1. The lowest BCUT2D eigenvalue weighted by molar-refractivity contribution is 0.0999. The van der Waals surface area contributed by atoms with Crippen molar-refractivity contribution in [2.24, 2.45) is 10.2 Å². The molecule has 0 atom stereocenters. The van der Waals surface area contributed by atoms with E-state index in [-0.39, 0.29) is 5.88 Å². The molecular weight excluding hydrogens is 348 g/mol. The van der Waals surface area contributed by atoms with Gasteiger partial charge in [0.2, 0.25) is 5.88 Å². The number of rotatable bonds is 7. The molecule has 0 spiro atoms. The number of amides is 1. The van der Waals surface area contributed by atoms with Gasteiger partial charge in [-0.3, -0.25) is 4.79 Å². The summed E-state index contributed by atoms with van der Waals surface area (Å²) in [4.78, 5) is 14.9. The summed E-state index contributed by atoms with van der Waals surface area (Å²) in [6.07, 6.45) is 0. The van der Waals surface area contributed by atoms with Crippen LogP contribution in [0.3, 0.4) is 0 Å². The Morgan fingerprint density at radius 3 is 2.65 bits per heavy atom. The number of nitrogens with zero attached hydrogens (tertiary/aromatic N) is 4. The van der Waals surface area contributed by atoms with Gasteiger partial charge in [0.15, 0.2) is 5.69 Å². The van der Waals surface area contributed by atoms with E-state index < -0.39 is 5.91 Å². The second-order valence-electron chi connectivity index (χ2n) is 5.85. The lowest BCUT2D eigenvalue weighted by Crippen LogP contribution is -2.26. The molecule has 26 heavy (non-hydrogen) atoms. The van der Waals surface area contributed by atoms with Crippen molar-refractivity contribution < 1.29 is 9.90 Å². The van der Waals surface area contributed by atoms with Crippen LogP contribution in [0, 0.1) is 0 Å². The number of azo groups is 1. The van der Waals surface area contributed by atoms with E-state index >= 15 is 0 Å². The van der Waals surface area contributed by atoms with Gasteiger partial charge in [0.1, 0.15) is 0 Å². The first-order valence-electron chi connectivity index (χ1n) is 8.67. The number of carbonyl (C=O) groups excluding carboxylic acids is 1. The summed E-state index contributed by atoms with van der Waals surface area (Å²) in [5.74, 6) is -0.361. The van der Waals surface area contributed by atoms with Gasteiger partial charge in [0.25, 0.3) is 0 Å². The quantitative estimate of drug-likeness (QED) is 0.614. The number of hydrogen-bond donors (Lipinski definition) is 1. The fourth-order valence-corrected chi connectivity index (χ4v) is 3.53. The maximum Gasteiger partial charge on any atom is 0.305 e. The van der Waals surface area contributed by atoms with Gasteiger partial charge in [0.05, 0.1) is 10.4 Å². The van der Waals surface area contributed by atoms with E-state index in [0.717, 1.165) is 30.5 Å². The zero-order chi connectivity index (χ0) is 18.5. The number of likely N-dealkylation sites (N-methyl/N-ethyl adjacent to an activating group) is 1. The van der Waals surface area contributed by atoms with Crippen molar-refractivity contribution in [3.8, 4) is 5.88 Å². The topological polar surface area (TPSA) is 70.2 Å². The predicted molar refractivity (Wildman–Crippen MR) is 105 cm³/mol. The Labute approximate surface area is 156 Å². The molecule has 2 heterocycles. The molecule has 3 aromatic rings. The molecule has 0 aliphatic carbocycles. The Hall–Kier alpha value is -2.51. The van der Waals surface area contributed by atoms with Crippen LogP contribution in [0.15, 0.2) is 52.0 Å². The van der Waals surface area contributed by atoms with Gasteiger partial charge in [-0.25, -0.2) is 0 Å². The first-order valence-corrected chi connectivity index (χ1v) is 9.55. The molecule has 0 unspecified atom stereocenters. The summed E-state index contributed by atoms with van der Waals surface area (Å²) in [6.45, 7) is 7.61. The van der Waals surface area contributed by atoms with Gasteiger partial charge in [-0.15, -0.1) is 21.6 Å². The molecule has 0 fully saturated rings. The molecule has 7 heteroatoms. The fraction of sp³-hybridized carbons (Fsp3) is 0.316. The Morgan fingerprint density at radius 2 is 1.96 bits per heavy atom. The molecule has 6 nitrogen and oxygen atoms in total. The molecular formula is C19H22N4O2S. The molecule has 2 aromatic heterocycles. The molecule has 1 amide bonds. The van der Waals surface area contributed by atoms with E-state index in [0.29, 0.717) is 17.1 Å². The van der Waals surface area contributed by atoms with Crippen molar-refractivity contribution in [1.82, 2.24) is 9.47 Å². The molecule has 3 rings (SSSR count). The highest BCUT2D eigenvalue weighted by atomic mass is 32.1. The van der Waals surface area contributed by atoms with Crippen molar-refractivity contribution in [1.29, 1.82) is 0 Å². The van der Waals surface area contributed by atoms with Crippen LogP contribution < -0.4 is 0 Å². The number of hydrogen-bond acceptors (Lipinski definition) is 5. The van der Waals surface area contributed by atoms with Crippen LogP contribution in [-0.4, -0.2) is 40.1 Å². The van der Waals surface area contributed by atoms with Gasteiger partial charge in [-0.05, 0) is 30.6 Å². The van der Waals surface area contributed by atoms with E-state index in [4.69, 9.17) is 0 Å². The first-order chi connectivity index (χ1) is 12.7. The summed E-state index contributed by atoms with van der Waals surface area (Å²) in [6, 6.07) is 11.1. The van der Waals surface area contributed by atoms with Crippen LogP contribution in [0.2, 0.25) is 0 Å². The van der Waals surface area contributed by atoms with Crippen molar-refractivity contribution >= 4 is 33.8 Å². The molecule has 0 bridgehead atoms. The molecule has 0 aliphatic rings. The number of carbonyl (C=O) groups is 1. The van der Waals surface area contributed by atoms with E-state index in [1.807, 2.05) is 34.2 Å². The molecule has 0 saturated carbocycles. The second kappa shape index (κ2) is 8.25. The number of benzene rings is 1. The van der Waals surface area contributed by atoms with Crippen LogP contribution in [0.1, 0.15) is 23.5 Å². The Bertz CT molecular complexity index is 911. The maximum absolute atomic E-state index is 12.1. The predicted octanol–water partition coefficient (Wildman–Crippen LogP) is 4.67. The van der Waals surface area contributed by atoms with Crippen molar-refractivity contribution in [3.63, 3.8) is 0 Å². The highest BCUT2D eigenvalue weighted by Crippen LogP contribution is 2.38. The molecule has 1 aromatic carbocycles. The smallest absolute Gasteiger partial charge is 0.305 e. The third-order valence-corrected chi connectivity index (χ3v) is 5.28. The molecule has 136 valence electrons. The Morgan fingerprint density at radius 1 is 1.19 bits per heavy atom. The fourth-order valence-electron chi connectivity index (χ4n) is 2.92. The highest BCUT2D eigenvalue weighted by molar-refractivity contribution is 7.12. The van der Waals surface area contributed by atoms with Crippen LogP contribution in [0.25, 0.3) is 10.9 Å². The number of para-hydroxylation sites is 1. The lowest BCUT2D eigenvalue weighted by Gasteiger charge is -2.18. The standard InChI is InChI=1S/C19H22N4O2S/c1-3-22(4-2)11-12-23-15-9-6-5-8-14(15)17(19(23)25)20-21-18(24)16-10-7-13-26-16/h5-10,13,25H,3-4,11-12H2,1-2H3. The highest BCUT2D eigenvalue weighted by Gasteiger charge is 2.17. The van der Waals surface area contributed by atoms with Gasteiger partial charge in [0, 0.05) is 18.5 Å². The van der Waals surface area contributed by atoms with E-state index in [1.54, 1.807) is 12.1 Å². The third kappa shape index (κ3) is 3.68. The minimum atomic E-state index is -0.403. The van der Waals surface area contributed by atoms with Crippen LogP contribution in [0.5, 0.6) is 5.88 Å². The third-order valence-electron chi connectivity index (χ3n) is 4.42. The Kier molecular flexibility index (Phi) is 5.80.